The molecule has 5 aromatic rings. The van der Waals surface area contributed by atoms with E-state index in [0.717, 1.165) is 70.7 Å². The molecule has 2 aromatic carbocycles. The van der Waals surface area contributed by atoms with E-state index >= 15 is 0 Å². The molecule has 1 aliphatic rings. The number of aromatic amines is 1. The van der Waals surface area contributed by atoms with E-state index in [9.17, 15) is 0 Å². The number of pyridine rings is 1. The molecule has 0 bridgehead atoms. The molecule has 1 saturated heterocycles. The summed E-state index contributed by atoms with van der Waals surface area (Å²) in [4.78, 5) is 9.45. The van der Waals surface area contributed by atoms with Crippen LogP contribution in [0.25, 0.3) is 44.5 Å². The molecule has 1 fully saturated rings. The molecule has 1 N–H and O–H groups in total. The molecule has 1 aliphatic heterocycles. The Balaban J connectivity index is 1.28. The van der Waals surface area contributed by atoms with E-state index in [-0.39, 0.29) is 0 Å². The average molecular weight is 450 g/mol. The maximum Gasteiger partial charge on any atom is 0.181 e. The summed E-state index contributed by atoms with van der Waals surface area (Å²) in [6.07, 6.45) is 5.81. The average Bonchev–Trinajstić information content (AvgIpc) is 3.51. The van der Waals surface area contributed by atoms with Gasteiger partial charge in [0.2, 0.25) is 0 Å². The number of hydrogen-bond donors (Lipinski definition) is 1. The van der Waals surface area contributed by atoms with Crippen LogP contribution in [0.4, 0.5) is 5.69 Å². The van der Waals surface area contributed by atoms with Crippen LogP contribution in [0.5, 0.6) is 0 Å². The first-order valence-electron chi connectivity index (χ1n) is 11.6. The summed E-state index contributed by atoms with van der Waals surface area (Å²) in [7, 11) is 4.11. The number of aryl methyl sites for hydroxylation is 1. The normalized spacial score (nSPS) is 14.7. The van der Waals surface area contributed by atoms with Gasteiger partial charge in [0.25, 0.3) is 0 Å². The van der Waals surface area contributed by atoms with Crippen molar-refractivity contribution in [3.05, 3.63) is 73.2 Å². The zero-order chi connectivity index (χ0) is 23.1. The molecule has 0 spiro atoms. The van der Waals surface area contributed by atoms with Crippen molar-refractivity contribution < 1.29 is 0 Å². The summed E-state index contributed by atoms with van der Waals surface area (Å²) in [5.74, 6) is 0. The zero-order valence-electron chi connectivity index (χ0n) is 19.4. The van der Waals surface area contributed by atoms with Crippen LogP contribution in [-0.4, -0.2) is 63.1 Å². The molecule has 0 saturated carbocycles. The van der Waals surface area contributed by atoms with Gasteiger partial charge < -0.3 is 9.80 Å². The van der Waals surface area contributed by atoms with Gasteiger partial charge in [-0.1, -0.05) is 36.4 Å². The third kappa shape index (κ3) is 3.84. The molecule has 0 radical (unpaired) electrons. The van der Waals surface area contributed by atoms with Gasteiger partial charge in [0.15, 0.2) is 5.65 Å². The Labute approximate surface area is 198 Å². The topological polar surface area (TPSA) is 65.9 Å². The Kier molecular flexibility index (Phi) is 5.11. The van der Waals surface area contributed by atoms with E-state index in [1.807, 2.05) is 30.3 Å². The lowest BCUT2D eigenvalue weighted by Crippen LogP contribution is -2.44. The van der Waals surface area contributed by atoms with Crippen molar-refractivity contribution in [3.8, 4) is 33.5 Å². The Morgan fingerprint density at radius 3 is 2.12 bits per heavy atom. The second-order valence-electron chi connectivity index (χ2n) is 9.01. The highest BCUT2D eigenvalue weighted by molar-refractivity contribution is 5.93. The lowest BCUT2D eigenvalue weighted by Gasteiger charge is -2.34. The number of likely N-dealkylation sites (N-methyl/N-ethyl adjacent to an activating group) is 1. The minimum atomic E-state index is 0.726. The van der Waals surface area contributed by atoms with Crippen molar-refractivity contribution in [1.29, 1.82) is 0 Å². The van der Waals surface area contributed by atoms with Gasteiger partial charge in [-0.2, -0.15) is 10.2 Å². The fourth-order valence-electron chi connectivity index (χ4n) is 4.61. The standard InChI is InChI=1S/C27H27N7/c1-32-11-13-34(14-12-32)24-9-7-19(8-10-24)22-15-25-26(30-31-27(25)28-16-22)21-5-3-20(4-6-21)23-17-29-33(2)18-23/h3-10,15-18H,11-14H2,1-2H3,(H,28,30,31). The summed E-state index contributed by atoms with van der Waals surface area (Å²) in [5, 5.41) is 12.9. The first-order valence-corrected chi connectivity index (χ1v) is 11.6. The molecule has 7 nitrogen and oxygen atoms in total. The largest absolute Gasteiger partial charge is 0.369 e. The van der Waals surface area contributed by atoms with E-state index in [2.05, 4.69) is 91.7 Å². The molecule has 0 aliphatic carbocycles. The Morgan fingerprint density at radius 2 is 1.41 bits per heavy atom. The Morgan fingerprint density at radius 1 is 0.735 bits per heavy atom. The first-order chi connectivity index (χ1) is 16.6. The lowest BCUT2D eigenvalue weighted by molar-refractivity contribution is 0.313. The van der Waals surface area contributed by atoms with Gasteiger partial charge in [0.1, 0.15) is 0 Å². The van der Waals surface area contributed by atoms with Crippen LogP contribution >= 0.6 is 0 Å². The number of anilines is 1. The van der Waals surface area contributed by atoms with Crippen LogP contribution in [0.15, 0.2) is 73.2 Å². The van der Waals surface area contributed by atoms with Crippen LogP contribution in [-0.2, 0) is 7.05 Å². The summed E-state index contributed by atoms with van der Waals surface area (Å²) >= 11 is 0. The minimum absolute atomic E-state index is 0.726. The van der Waals surface area contributed by atoms with Crippen molar-refractivity contribution in [2.75, 3.05) is 38.1 Å². The monoisotopic (exact) mass is 449 g/mol. The highest BCUT2D eigenvalue weighted by atomic mass is 15.2. The van der Waals surface area contributed by atoms with Gasteiger partial charge in [0.05, 0.1) is 11.9 Å². The summed E-state index contributed by atoms with van der Waals surface area (Å²) in [6.45, 7) is 4.35. The molecule has 7 heteroatoms. The second kappa shape index (κ2) is 8.43. The fraction of sp³-hybridized carbons (Fsp3) is 0.222. The Bertz CT molecular complexity index is 1420. The molecule has 4 heterocycles. The van der Waals surface area contributed by atoms with E-state index in [0.29, 0.717) is 0 Å². The number of nitrogens with zero attached hydrogens (tertiary/aromatic N) is 6. The molecule has 0 unspecified atom stereocenters. The third-order valence-electron chi connectivity index (χ3n) is 6.69. The van der Waals surface area contributed by atoms with Gasteiger partial charge in [-0.25, -0.2) is 4.98 Å². The van der Waals surface area contributed by atoms with Gasteiger partial charge in [-0.3, -0.25) is 9.78 Å². The highest BCUT2D eigenvalue weighted by Gasteiger charge is 2.15. The predicted molar refractivity (Wildman–Crippen MR) is 137 cm³/mol. The van der Waals surface area contributed by atoms with Gasteiger partial charge in [-0.15, -0.1) is 0 Å². The van der Waals surface area contributed by atoms with Gasteiger partial charge >= 0.3 is 0 Å². The number of nitrogens with one attached hydrogen (secondary N) is 1. The number of aromatic nitrogens is 5. The van der Waals surface area contributed by atoms with Crippen LogP contribution in [0, 0.1) is 0 Å². The summed E-state index contributed by atoms with van der Waals surface area (Å²) in [5.41, 5.74) is 8.56. The lowest BCUT2D eigenvalue weighted by atomic mass is 10.0. The van der Waals surface area contributed by atoms with E-state index in [1.165, 1.54) is 5.69 Å². The molecular formula is C27H27N7. The third-order valence-corrected chi connectivity index (χ3v) is 6.69. The van der Waals surface area contributed by atoms with E-state index in [1.54, 1.807) is 0 Å². The fourth-order valence-corrected chi connectivity index (χ4v) is 4.61. The predicted octanol–water partition coefficient (Wildman–Crippen LogP) is 4.44. The molecule has 34 heavy (non-hydrogen) atoms. The van der Waals surface area contributed by atoms with Crippen LogP contribution < -0.4 is 4.90 Å². The number of piperazine rings is 1. The van der Waals surface area contributed by atoms with Crippen molar-refractivity contribution >= 4 is 16.7 Å². The number of H-pyrrole nitrogens is 1. The molecule has 0 atom stereocenters. The van der Waals surface area contributed by atoms with Crippen molar-refractivity contribution in [2.45, 2.75) is 0 Å². The Hall–Kier alpha value is -3.97. The molecule has 0 amide bonds. The van der Waals surface area contributed by atoms with Crippen LogP contribution in [0.3, 0.4) is 0 Å². The molecular weight excluding hydrogens is 422 g/mol. The molecule has 3 aromatic heterocycles. The summed E-state index contributed by atoms with van der Waals surface area (Å²) < 4.78 is 1.82. The second-order valence-corrected chi connectivity index (χ2v) is 9.01. The highest BCUT2D eigenvalue weighted by Crippen LogP contribution is 2.31. The number of hydrogen-bond acceptors (Lipinski definition) is 5. The SMILES string of the molecule is CN1CCN(c2ccc(-c3cnc4n[nH]c(-c5ccc(-c6cnn(C)c6)cc5)c4c3)cc2)CC1. The van der Waals surface area contributed by atoms with Crippen LogP contribution in [0.1, 0.15) is 0 Å². The zero-order valence-corrected chi connectivity index (χ0v) is 19.4. The van der Waals surface area contributed by atoms with Crippen molar-refractivity contribution in [1.82, 2.24) is 29.9 Å². The number of rotatable bonds is 4. The molecule has 170 valence electrons. The van der Waals surface area contributed by atoms with Gasteiger partial charge in [-0.05, 0) is 36.4 Å². The molecule has 6 rings (SSSR count). The minimum Gasteiger partial charge on any atom is -0.369 e. The number of fused-ring (bicyclic) bond motifs is 1. The first kappa shape index (κ1) is 20.6. The quantitative estimate of drug-likeness (QED) is 0.439. The maximum absolute atomic E-state index is 4.62. The van der Waals surface area contributed by atoms with E-state index < -0.39 is 0 Å². The number of benzene rings is 2. The maximum atomic E-state index is 4.62. The smallest absolute Gasteiger partial charge is 0.181 e. The van der Waals surface area contributed by atoms with Gasteiger partial charge in [0, 0.05) is 73.4 Å². The van der Waals surface area contributed by atoms with E-state index in [4.69, 9.17) is 0 Å². The van der Waals surface area contributed by atoms with Crippen molar-refractivity contribution in [3.63, 3.8) is 0 Å². The van der Waals surface area contributed by atoms with Crippen LogP contribution in [0.2, 0.25) is 0 Å². The van der Waals surface area contributed by atoms with Crippen molar-refractivity contribution in [2.24, 2.45) is 7.05 Å². The summed E-state index contributed by atoms with van der Waals surface area (Å²) in [6, 6.07) is 19.5.